The van der Waals surface area contributed by atoms with Crippen molar-refractivity contribution in [3.8, 4) is 0 Å². The number of halogens is 3. The van der Waals surface area contributed by atoms with Crippen molar-refractivity contribution in [1.29, 1.82) is 0 Å². The van der Waals surface area contributed by atoms with Crippen molar-refractivity contribution in [3.05, 3.63) is 69.6 Å². The minimum atomic E-state index is -4.67. The molecule has 0 saturated carbocycles. The predicted octanol–water partition coefficient (Wildman–Crippen LogP) is 1.78. The van der Waals surface area contributed by atoms with E-state index in [4.69, 9.17) is 4.84 Å². The Morgan fingerprint density at radius 2 is 1.54 bits per heavy atom. The van der Waals surface area contributed by atoms with Gasteiger partial charge >= 0.3 is 12.1 Å². The molecular formula is C16H9F3N2O5. The monoisotopic (exact) mass is 366 g/mol. The van der Waals surface area contributed by atoms with Gasteiger partial charge in [-0.1, -0.05) is 17.2 Å². The topological polar surface area (TPSA) is 85.7 Å². The van der Waals surface area contributed by atoms with Crippen LogP contribution in [0.25, 0.3) is 0 Å². The second kappa shape index (κ2) is 6.14. The van der Waals surface area contributed by atoms with Crippen LogP contribution in [0.5, 0.6) is 0 Å². The zero-order chi connectivity index (χ0) is 19.1. The summed E-state index contributed by atoms with van der Waals surface area (Å²) in [5.41, 5.74) is -1.33. The molecule has 7 nitrogen and oxygen atoms in total. The van der Waals surface area contributed by atoms with Crippen LogP contribution in [0, 0.1) is 0 Å². The van der Waals surface area contributed by atoms with Gasteiger partial charge in [-0.05, 0) is 18.2 Å². The minimum Gasteiger partial charge on any atom is -0.324 e. The maximum atomic E-state index is 12.5. The molecule has 0 saturated heterocycles. The number of hydroxylamine groups is 2. The molecule has 1 aromatic carbocycles. The molecule has 1 aliphatic heterocycles. The van der Waals surface area contributed by atoms with E-state index in [1.165, 1.54) is 24.3 Å². The molecule has 1 aliphatic rings. The average Bonchev–Trinajstić information content (AvgIpc) is 2.81. The predicted molar refractivity (Wildman–Crippen MR) is 79.1 cm³/mol. The smallest absolute Gasteiger partial charge is 0.324 e. The first-order valence-corrected chi connectivity index (χ1v) is 7.15. The molecule has 0 radical (unpaired) electrons. The third kappa shape index (κ3) is 3.21. The summed E-state index contributed by atoms with van der Waals surface area (Å²) in [6, 6.07) is 7.46. The Kier molecular flexibility index (Phi) is 4.10. The van der Waals surface area contributed by atoms with Gasteiger partial charge in [0.2, 0.25) is 0 Å². The van der Waals surface area contributed by atoms with Crippen LogP contribution in [0.3, 0.4) is 0 Å². The third-order valence-corrected chi connectivity index (χ3v) is 3.50. The van der Waals surface area contributed by atoms with Crippen LogP contribution in [0.1, 0.15) is 31.1 Å². The summed E-state index contributed by atoms with van der Waals surface area (Å²) in [4.78, 5) is 52.5. The number of hydrogen-bond acceptors (Lipinski definition) is 5. The second-order valence-electron chi connectivity index (χ2n) is 5.33. The van der Waals surface area contributed by atoms with Crippen LogP contribution in [-0.4, -0.2) is 33.6 Å². The molecule has 0 spiro atoms. The lowest BCUT2D eigenvalue weighted by atomic mass is 10.1. The van der Waals surface area contributed by atoms with Gasteiger partial charge in [-0.25, -0.2) is 4.79 Å². The lowest BCUT2D eigenvalue weighted by Crippen LogP contribution is -2.33. The average molecular weight is 366 g/mol. The number of carbonyl (C=O) groups is 3. The molecule has 0 fully saturated rings. The lowest BCUT2D eigenvalue weighted by Gasteiger charge is -2.14. The van der Waals surface area contributed by atoms with Crippen molar-refractivity contribution in [2.24, 2.45) is 0 Å². The van der Waals surface area contributed by atoms with Crippen molar-refractivity contribution in [2.45, 2.75) is 12.7 Å². The van der Waals surface area contributed by atoms with E-state index in [9.17, 15) is 32.3 Å². The molecule has 0 aliphatic carbocycles. The number of rotatable bonds is 3. The molecule has 2 heterocycles. The van der Waals surface area contributed by atoms with E-state index in [-0.39, 0.29) is 20.8 Å². The zero-order valence-corrected chi connectivity index (χ0v) is 12.8. The number of pyridine rings is 1. The summed E-state index contributed by atoms with van der Waals surface area (Å²) in [7, 11) is 0. The first-order valence-electron chi connectivity index (χ1n) is 7.15. The maximum Gasteiger partial charge on any atom is 0.406 e. The highest BCUT2D eigenvalue weighted by Gasteiger charge is 2.39. The number of alkyl halides is 3. The number of fused-ring (bicyclic) bond motifs is 1. The van der Waals surface area contributed by atoms with Crippen LogP contribution in [0.2, 0.25) is 0 Å². The van der Waals surface area contributed by atoms with E-state index < -0.39 is 41.6 Å². The minimum absolute atomic E-state index is 0.0346. The van der Waals surface area contributed by atoms with Gasteiger partial charge in [-0.2, -0.15) is 13.2 Å². The summed E-state index contributed by atoms with van der Waals surface area (Å²) < 4.78 is 37.7. The van der Waals surface area contributed by atoms with Crippen LogP contribution < -0.4 is 5.56 Å². The van der Waals surface area contributed by atoms with E-state index in [2.05, 4.69) is 0 Å². The lowest BCUT2D eigenvalue weighted by molar-refractivity contribution is -0.141. The van der Waals surface area contributed by atoms with Gasteiger partial charge < -0.3 is 9.40 Å². The molecule has 10 heteroatoms. The zero-order valence-electron chi connectivity index (χ0n) is 12.8. The van der Waals surface area contributed by atoms with Crippen LogP contribution in [0.15, 0.2) is 47.4 Å². The molecule has 134 valence electrons. The number of aromatic nitrogens is 1. The van der Waals surface area contributed by atoms with Gasteiger partial charge in [-0.3, -0.25) is 14.4 Å². The molecule has 2 aromatic rings. The number of imide groups is 1. The quantitative estimate of drug-likeness (QED) is 0.773. The molecule has 0 bridgehead atoms. The van der Waals surface area contributed by atoms with Crippen molar-refractivity contribution in [1.82, 2.24) is 9.63 Å². The summed E-state index contributed by atoms with van der Waals surface area (Å²) in [5.74, 6) is -3.00. The number of benzene rings is 1. The Morgan fingerprint density at radius 3 is 2.08 bits per heavy atom. The van der Waals surface area contributed by atoms with Crippen molar-refractivity contribution >= 4 is 17.8 Å². The standard InChI is InChI=1S/C16H9F3N2O5/c17-16(18,19)8-20-7-9(5-6-12(20)22)15(25)26-21-13(23)10-3-1-2-4-11(10)14(21)24/h1-7H,8H2. The highest BCUT2D eigenvalue weighted by Crippen LogP contribution is 2.23. The molecular weight excluding hydrogens is 357 g/mol. The number of carbonyl (C=O) groups excluding carboxylic acids is 3. The highest BCUT2D eigenvalue weighted by atomic mass is 19.4. The number of amides is 2. The van der Waals surface area contributed by atoms with Gasteiger partial charge in [0.25, 0.3) is 17.4 Å². The number of hydrogen-bond donors (Lipinski definition) is 0. The van der Waals surface area contributed by atoms with E-state index >= 15 is 0 Å². The molecule has 0 N–H and O–H groups in total. The number of nitrogens with zero attached hydrogens (tertiary/aromatic N) is 2. The maximum absolute atomic E-state index is 12.5. The van der Waals surface area contributed by atoms with Crippen molar-refractivity contribution < 1.29 is 32.4 Å². The molecule has 0 unspecified atom stereocenters. The summed E-state index contributed by atoms with van der Waals surface area (Å²) in [6.45, 7) is -1.60. The Balaban J connectivity index is 1.84. The van der Waals surface area contributed by atoms with Gasteiger partial charge in [-0.15, -0.1) is 0 Å². The van der Waals surface area contributed by atoms with Crippen molar-refractivity contribution in [3.63, 3.8) is 0 Å². The fourth-order valence-electron chi connectivity index (χ4n) is 2.35. The fraction of sp³-hybridized carbons (Fsp3) is 0.125. The van der Waals surface area contributed by atoms with Gasteiger partial charge in [0, 0.05) is 12.3 Å². The van der Waals surface area contributed by atoms with Gasteiger partial charge in [0.15, 0.2) is 0 Å². The molecule has 3 rings (SSSR count). The summed E-state index contributed by atoms with van der Waals surface area (Å²) >= 11 is 0. The highest BCUT2D eigenvalue weighted by molar-refractivity contribution is 6.21. The van der Waals surface area contributed by atoms with E-state index in [1.807, 2.05) is 0 Å². The SMILES string of the molecule is O=C(ON1C(=O)c2ccccc2C1=O)c1ccc(=O)n(CC(F)(F)F)c1. The summed E-state index contributed by atoms with van der Waals surface area (Å²) in [5, 5.41) is 0.228. The fourth-order valence-corrected chi connectivity index (χ4v) is 2.35. The largest absolute Gasteiger partial charge is 0.406 e. The first-order chi connectivity index (χ1) is 12.2. The Hall–Kier alpha value is -3.43. The Morgan fingerprint density at radius 1 is 0.962 bits per heavy atom. The molecule has 1 aromatic heterocycles. The van der Waals surface area contributed by atoms with Gasteiger partial charge in [0.05, 0.1) is 16.7 Å². The second-order valence-corrected chi connectivity index (χ2v) is 5.33. The molecule has 0 atom stereocenters. The van der Waals surface area contributed by atoms with E-state index in [0.717, 1.165) is 12.1 Å². The molecule has 26 heavy (non-hydrogen) atoms. The van der Waals surface area contributed by atoms with E-state index in [1.54, 1.807) is 0 Å². The van der Waals surface area contributed by atoms with Crippen LogP contribution in [0.4, 0.5) is 13.2 Å². The Bertz CT molecular complexity index is 945. The van der Waals surface area contributed by atoms with Crippen molar-refractivity contribution in [2.75, 3.05) is 0 Å². The summed E-state index contributed by atoms with van der Waals surface area (Å²) in [6.07, 6.45) is -4.02. The molecule has 2 amide bonds. The third-order valence-electron chi connectivity index (χ3n) is 3.50. The Labute approximate surface area is 143 Å². The normalized spacial score (nSPS) is 13.7. The van der Waals surface area contributed by atoms with Gasteiger partial charge in [0.1, 0.15) is 6.54 Å². The van der Waals surface area contributed by atoms with E-state index in [0.29, 0.717) is 6.20 Å². The first kappa shape index (κ1) is 17.4. The van der Waals surface area contributed by atoms with Crippen LogP contribution in [-0.2, 0) is 11.4 Å². The van der Waals surface area contributed by atoms with Crippen LogP contribution >= 0.6 is 0 Å².